The summed E-state index contributed by atoms with van der Waals surface area (Å²) in [6.45, 7) is 0. The van der Waals surface area contributed by atoms with Crippen LogP contribution in [-0.2, 0) is 0 Å². The Morgan fingerprint density at radius 3 is 2.30 bits per heavy atom. The van der Waals surface area contributed by atoms with Gasteiger partial charge in [-0.25, -0.2) is 0 Å². The van der Waals surface area contributed by atoms with Crippen LogP contribution in [0, 0.1) is 11.3 Å². The fraction of sp³-hybridized carbons (Fsp3) is 0. The number of rotatable bonds is 0. The van der Waals surface area contributed by atoms with Crippen LogP contribution in [0.15, 0.2) is 24.3 Å². The molecule has 0 bridgehead atoms. The van der Waals surface area contributed by atoms with Crippen molar-refractivity contribution in [3.8, 4) is 11.8 Å². The smallest absolute Gasteiger partial charge is 0.872 e. The van der Waals surface area contributed by atoms with Crippen molar-refractivity contribution in [3.05, 3.63) is 29.8 Å². The molecule has 1 aromatic rings. The Bertz CT molecular complexity index is 254. The van der Waals surface area contributed by atoms with E-state index in [0.717, 1.165) is 0 Å². The molecule has 0 fully saturated rings. The zero-order chi connectivity index (χ0) is 6.69. The molecule has 1 rings (SSSR count). The number of benzene rings is 1. The Hall–Kier alpha value is -0.490. The molecule has 0 aromatic heterocycles. The van der Waals surface area contributed by atoms with E-state index >= 15 is 0 Å². The summed E-state index contributed by atoms with van der Waals surface area (Å²) >= 11 is 0. The number of hydrogen-bond acceptors (Lipinski definition) is 2. The summed E-state index contributed by atoms with van der Waals surface area (Å²) in [5.41, 5.74) is 0.206. The van der Waals surface area contributed by atoms with Crippen molar-refractivity contribution in [2.24, 2.45) is 0 Å². The second-order valence-electron chi connectivity index (χ2n) is 1.61. The van der Waals surface area contributed by atoms with Crippen LogP contribution in [0.2, 0.25) is 0 Å². The fourth-order valence-electron chi connectivity index (χ4n) is 0.559. The summed E-state index contributed by atoms with van der Waals surface area (Å²) in [5.74, 6) is -0.208. The first-order valence-electron chi connectivity index (χ1n) is 2.51. The monoisotopic (exact) mass is 141 g/mol. The van der Waals surface area contributed by atoms with E-state index in [9.17, 15) is 5.11 Å². The van der Waals surface area contributed by atoms with Gasteiger partial charge in [0.25, 0.3) is 0 Å². The largest absolute Gasteiger partial charge is 1.00 e. The van der Waals surface area contributed by atoms with Gasteiger partial charge in [0.1, 0.15) is 0 Å². The first kappa shape index (κ1) is 9.51. The third-order valence-electron chi connectivity index (χ3n) is 1.01. The van der Waals surface area contributed by atoms with Crippen LogP contribution >= 0.6 is 0 Å². The molecule has 0 amide bonds. The van der Waals surface area contributed by atoms with Gasteiger partial charge in [-0.3, -0.25) is 0 Å². The topological polar surface area (TPSA) is 46.8 Å². The minimum absolute atomic E-state index is 0. The molecule has 0 atom stereocenters. The second-order valence-corrected chi connectivity index (χ2v) is 1.61. The zero-order valence-corrected chi connectivity index (χ0v) is 7.66. The molecule has 0 spiro atoms. The van der Waals surface area contributed by atoms with E-state index in [1.807, 2.05) is 0 Å². The van der Waals surface area contributed by atoms with E-state index < -0.39 is 0 Å². The van der Waals surface area contributed by atoms with Crippen LogP contribution in [0.25, 0.3) is 0 Å². The molecule has 0 heterocycles. The van der Waals surface area contributed by atoms with Crippen LogP contribution in [0.5, 0.6) is 5.75 Å². The maximum absolute atomic E-state index is 10.6. The van der Waals surface area contributed by atoms with Crippen molar-refractivity contribution in [3.63, 3.8) is 0 Å². The average Bonchev–Trinajstić information content (AvgIpc) is 1.89. The zero-order valence-electron chi connectivity index (χ0n) is 5.66. The van der Waals surface area contributed by atoms with Gasteiger partial charge in [-0.05, 0) is 6.07 Å². The number of para-hydroxylation sites is 1. The molecule has 0 aliphatic heterocycles. The molecule has 10 heavy (non-hydrogen) atoms. The third-order valence-corrected chi connectivity index (χ3v) is 1.01. The van der Waals surface area contributed by atoms with Crippen molar-refractivity contribution in [2.45, 2.75) is 0 Å². The SMILES string of the molecule is N#Cc1ccccc1[O-].[Na+]. The summed E-state index contributed by atoms with van der Waals surface area (Å²) in [6.07, 6.45) is 0. The van der Waals surface area contributed by atoms with Gasteiger partial charge in [0.15, 0.2) is 0 Å². The molecule has 3 heteroatoms. The van der Waals surface area contributed by atoms with Crippen LogP contribution in [0.3, 0.4) is 0 Å². The van der Waals surface area contributed by atoms with Crippen LogP contribution in [0.4, 0.5) is 0 Å². The Kier molecular flexibility index (Phi) is 4.13. The van der Waals surface area contributed by atoms with Gasteiger partial charge in [-0.15, -0.1) is 0 Å². The molecule has 0 radical (unpaired) electrons. The van der Waals surface area contributed by atoms with E-state index in [2.05, 4.69) is 0 Å². The minimum atomic E-state index is -0.208. The van der Waals surface area contributed by atoms with Crippen molar-refractivity contribution >= 4 is 0 Å². The molecule has 0 saturated carbocycles. The van der Waals surface area contributed by atoms with Gasteiger partial charge in [0.05, 0.1) is 6.07 Å². The number of nitrogens with zero attached hydrogens (tertiary/aromatic N) is 1. The predicted octanol–water partition coefficient (Wildman–Crippen LogP) is -2.36. The summed E-state index contributed by atoms with van der Waals surface area (Å²) in [6, 6.07) is 7.94. The molecule has 0 aliphatic rings. The first-order chi connectivity index (χ1) is 4.34. The van der Waals surface area contributed by atoms with Gasteiger partial charge in [-0.2, -0.15) is 5.26 Å². The van der Waals surface area contributed by atoms with Crippen LogP contribution in [-0.4, -0.2) is 0 Å². The van der Waals surface area contributed by atoms with Crippen molar-refractivity contribution in [1.29, 1.82) is 5.26 Å². The van der Waals surface area contributed by atoms with E-state index in [0.29, 0.717) is 0 Å². The van der Waals surface area contributed by atoms with E-state index in [-0.39, 0.29) is 40.9 Å². The Morgan fingerprint density at radius 1 is 1.30 bits per heavy atom. The van der Waals surface area contributed by atoms with Gasteiger partial charge in [0, 0.05) is 5.56 Å². The third kappa shape index (κ3) is 2.03. The molecule has 1 aromatic carbocycles. The first-order valence-corrected chi connectivity index (χ1v) is 2.51. The van der Waals surface area contributed by atoms with Gasteiger partial charge in [-0.1, -0.05) is 23.9 Å². The molecule has 2 nitrogen and oxygen atoms in total. The summed E-state index contributed by atoms with van der Waals surface area (Å²) in [4.78, 5) is 0. The fourth-order valence-corrected chi connectivity index (χ4v) is 0.559. The summed E-state index contributed by atoms with van der Waals surface area (Å²) in [5, 5.41) is 18.9. The predicted molar refractivity (Wildman–Crippen MR) is 30.6 cm³/mol. The van der Waals surface area contributed by atoms with Gasteiger partial charge in [0.2, 0.25) is 0 Å². The molecule has 0 unspecified atom stereocenters. The van der Waals surface area contributed by atoms with E-state index in [1.54, 1.807) is 18.2 Å². The molecule has 44 valence electrons. The quantitative estimate of drug-likeness (QED) is 0.379. The van der Waals surface area contributed by atoms with E-state index in [1.165, 1.54) is 12.1 Å². The second kappa shape index (κ2) is 4.35. The van der Waals surface area contributed by atoms with Gasteiger partial charge >= 0.3 is 29.6 Å². The van der Waals surface area contributed by atoms with Crippen LogP contribution in [0.1, 0.15) is 5.56 Å². The van der Waals surface area contributed by atoms with Crippen molar-refractivity contribution in [1.82, 2.24) is 0 Å². The molecule has 0 saturated heterocycles. The van der Waals surface area contributed by atoms with E-state index in [4.69, 9.17) is 5.26 Å². The van der Waals surface area contributed by atoms with Gasteiger partial charge < -0.3 is 5.11 Å². The molecular weight excluding hydrogens is 137 g/mol. The molecule has 0 aliphatic carbocycles. The van der Waals surface area contributed by atoms with Crippen molar-refractivity contribution < 1.29 is 34.7 Å². The minimum Gasteiger partial charge on any atom is -0.872 e. The maximum atomic E-state index is 10.6. The van der Waals surface area contributed by atoms with Crippen molar-refractivity contribution in [2.75, 3.05) is 0 Å². The number of nitriles is 1. The Balaban J connectivity index is 0.000000810. The normalized spacial score (nSPS) is 7.50. The molecule has 0 N–H and O–H groups in total. The summed E-state index contributed by atoms with van der Waals surface area (Å²) < 4.78 is 0. The average molecular weight is 141 g/mol. The number of hydrogen-bond donors (Lipinski definition) is 0. The Labute approximate surface area is 81.4 Å². The van der Waals surface area contributed by atoms with Crippen LogP contribution < -0.4 is 34.7 Å². The molecular formula is C7H4NNaO. The Morgan fingerprint density at radius 2 is 1.90 bits per heavy atom. The standard InChI is InChI=1S/C7H5NO.Na/c8-5-6-3-1-2-4-7(6)9;/h1-4,9H;/q;+1/p-1. The summed E-state index contributed by atoms with van der Waals surface area (Å²) in [7, 11) is 0. The maximum Gasteiger partial charge on any atom is 1.00 e.